The average molecular weight is 177 g/mol. The standard InChI is InChI=1S/C12H19N/c1-12(2,13-3)10-9-11-7-5-4-6-8-11/h4-8,13H,9-10H2,1-3H3. The normalized spacial score (nSPS) is 11.6. The molecule has 0 heterocycles. The van der Waals surface area contributed by atoms with Gasteiger partial charge in [0.15, 0.2) is 0 Å². The van der Waals surface area contributed by atoms with Gasteiger partial charge in [0.25, 0.3) is 0 Å². The summed E-state index contributed by atoms with van der Waals surface area (Å²) < 4.78 is 0. The Kier molecular flexibility index (Phi) is 3.49. The molecular formula is C12H19N. The second-order valence-corrected chi connectivity index (χ2v) is 4.12. The zero-order chi connectivity index (χ0) is 9.73. The van der Waals surface area contributed by atoms with Crippen molar-refractivity contribution in [3.8, 4) is 0 Å². The molecule has 0 spiro atoms. The van der Waals surface area contributed by atoms with Gasteiger partial charge in [0, 0.05) is 5.54 Å². The number of aryl methyl sites for hydroxylation is 1. The van der Waals surface area contributed by atoms with Gasteiger partial charge in [-0.3, -0.25) is 0 Å². The third-order valence-electron chi connectivity index (χ3n) is 2.56. The molecule has 1 rings (SSSR count). The van der Waals surface area contributed by atoms with E-state index in [0.717, 1.165) is 6.42 Å². The number of benzene rings is 1. The lowest BCUT2D eigenvalue weighted by atomic mass is 9.96. The molecule has 0 saturated heterocycles. The fraction of sp³-hybridized carbons (Fsp3) is 0.500. The van der Waals surface area contributed by atoms with Crippen molar-refractivity contribution >= 4 is 0 Å². The summed E-state index contributed by atoms with van der Waals surface area (Å²) in [5.74, 6) is 0. The Bertz CT molecular complexity index is 239. The van der Waals surface area contributed by atoms with Gasteiger partial charge in [0.2, 0.25) is 0 Å². The third kappa shape index (κ3) is 3.60. The highest BCUT2D eigenvalue weighted by Crippen LogP contribution is 2.12. The Morgan fingerprint density at radius 1 is 1.15 bits per heavy atom. The summed E-state index contributed by atoms with van der Waals surface area (Å²) in [6.07, 6.45) is 2.32. The molecule has 0 unspecified atom stereocenters. The summed E-state index contributed by atoms with van der Waals surface area (Å²) in [6.45, 7) is 4.46. The smallest absolute Gasteiger partial charge is 0.0125 e. The van der Waals surface area contributed by atoms with Gasteiger partial charge in [-0.2, -0.15) is 0 Å². The SMILES string of the molecule is CNC(C)(C)CCc1ccccc1. The Morgan fingerprint density at radius 2 is 1.77 bits per heavy atom. The van der Waals surface area contributed by atoms with E-state index in [1.807, 2.05) is 7.05 Å². The highest BCUT2D eigenvalue weighted by atomic mass is 14.9. The maximum atomic E-state index is 3.31. The highest BCUT2D eigenvalue weighted by Gasteiger charge is 2.13. The van der Waals surface area contributed by atoms with E-state index in [1.54, 1.807) is 0 Å². The molecule has 13 heavy (non-hydrogen) atoms. The lowest BCUT2D eigenvalue weighted by Crippen LogP contribution is -2.36. The van der Waals surface area contributed by atoms with Crippen molar-refractivity contribution in [2.45, 2.75) is 32.2 Å². The molecule has 0 atom stereocenters. The lowest BCUT2D eigenvalue weighted by Gasteiger charge is -2.23. The molecule has 0 aliphatic heterocycles. The molecule has 0 saturated carbocycles. The summed E-state index contributed by atoms with van der Waals surface area (Å²) in [7, 11) is 2.02. The Hall–Kier alpha value is -0.820. The van der Waals surface area contributed by atoms with Crippen LogP contribution in [0.4, 0.5) is 0 Å². The molecule has 0 fully saturated rings. The van der Waals surface area contributed by atoms with E-state index in [0.29, 0.717) is 0 Å². The Balaban J connectivity index is 2.44. The van der Waals surface area contributed by atoms with Gasteiger partial charge >= 0.3 is 0 Å². The van der Waals surface area contributed by atoms with Gasteiger partial charge in [-0.1, -0.05) is 30.3 Å². The van der Waals surface area contributed by atoms with Crippen LogP contribution in [0.25, 0.3) is 0 Å². The van der Waals surface area contributed by atoms with Gasteiger partial charge in [-0.15, -0.1) is 0 Å². The summed E-state index contributed by atoms with van der Waals surface area (Å²) in [5.41, 5.74) is 1.67. The first-order chi connectivity index (χ1) is 6.14. The van der Waals surface area contributed by atoms with Crippen molar-refractivity contribution in [1.82, 2.24) is 5.32 Å². The van der Waals surface area contributed by atoms with E-state index >= 15 is 0 Å². The molecule has 0 aromatic heterocycles. The molecular weight excluding hydrogens is 158 g/mol. The van der Waals surface area contributed by atoms with Gasteiger partial charge in [-0.25, -0.2) is 0 Å². The first-order valence-electron chi connectivity index (χ1n) is 4.87. The van der Waals surface area contributed by atoms with Gasteiger partial charge in [0.1, 0.15) is 0 Å². The topological polar surface area (TPSA) is 12.0 Å². The van der Waals surface area contributed by atoms with Crippen LogP contribution in [0.2, 0.25) is 0 Å². The third-order valence-corrected chi connectivity index (χ3v) is 2.56. The summed E-state index contributed by atoms with van der Waals surface area (Å²) in [4.78, 5) is 0. The summed E-state index contributed by atoms with van der Waals surface area (Å²) in [5, 5.41) is 3.31. The van der Waals surface area contributed by atoms with Gasteiger partial charge < -0.3 is 5.32 Å². The van der Waals surface area contributed by atoms with Crippen molar-refractivity contribution in [2.75, 3.05) is 7.05 Å². The van der Waals surface area contributed by atoms with Crippen LogP contribution in [-0.4, -0.2) is 12.6 Å². The number of rotatable bonds is 4. The summed E-state index contributed by atoms with van der Waals surface area (Å²) in [6, 6.07) is 10.6. The molecule has 72 valence electrons. The maximum absolute atomic E-state index is 3.31. The van der Waals surface area contributed by atoms with Crippen LogP contribution in [0, 0.1) is 0 Å². The van der Waals surface area contributed by atoms with Crippen LogP contribution >= 0.6 is 0 Å². The minimum Gasteiger partial charge on any atom is -0.315 e. The predicted molar refractivity (Wildman–Crippen MR) is 57.9 cm³/mol. The van der Waals surface area contributed by atoms with E-state index in [1.165, 1.54) is 12.0 Å². The van der Waals surface area contributed by atoms with E-state index in [9.17, 15) is 0 Å². The fourth-order valence-corrected chi connectivity index (χ4v) is 1.23. The monoisotopic (exact) mass is 177 g/mol. The highest BCUT2D eigenvalue weighted by molar-refractivity contribution is 5.15. The minimum absolute atomic E-state index is 0.246. The zero-order valence-corrected chi connectivity index (χ0v) is 8.80. The van der Waals surface area contributed by atoms with E-state index < -0.39 is 0 Å². The molecule has 0 aliphatic carbocycles. The molecule has 1 N–H and O–H groups in total. The van der Waals surface area contributed by atoms with Crippen LogP contribution in [0.1, 0.15) is 25.8 Å². The lowest BCUT2D eigenvalue weighted by molar-refractivity contribution is 0.393. The second kappa shape index (κ2) is 4.43. The van der Waals surface area contributed by atoms with Crippen LogP contribution in [0.5, 0.6) is 0 Å². The van der Waals surface area contributed by atoms with Crippen molar-refractivity contribution < 1.29 is 0 Å². The Morgan fingerprint density at radius 3 is 2.31 bits per heavy atom. The van der Waals surface area contributed by atoms with E-state index in [4.69, 9.17) is 0 Å². The molecule has 0 amide bonds. The molecule has 1 heteroatoms. The van der Waals surface area contributed by atoms with Crippen molar-refractivity contribution in [3.63, 3.8) is 0 Å². The number of hydrogen-bond acceptors (Lipinski definition) is 1. The second-order valence-electron chi connectivity index (χ2n) is 4.12. The molecule has 0 radical (unpaired) electrons. The van der Waals surface area contributed by atoms with E-state index in [2.05, 4.69) is 49.5 Å². The number of hydrogen-bond donors (Lipinski definition) is 1. The minimum atomic E-state index is 0.246. The van der Waals surface area contributed by atoms with Crippen molar-refractivity contribution in [1.29, 1.82) is 0 Å². The fourth-order valence-electron chi connectivity index (χ4n) is 1.23. The van der Waals surface area contributed by atoms with Gasteiger partial charge in [-0.05, 0) is 39.3 Å². The van der Waals surface area contributed by atoms with Crippen LogP contribution < -0.4 is 5.32 Å². The maximum Gasteiger partial charge on any atom is 0.0125 e. The zero-order valence-electron chi connectivity index (χ0n) is 8.80. The summed E-state index contributed by atoms with van der Waals surface area (Å²) >= 11 is 0. The van der Waals surface area contributed by atoms with Crippen LogP contribution in [-0.2, 0) is 6.42 Å². The average Bonchev–Trinajstić information content (AvgIpc) is 2.17. The Labute approximate surface area is 81.2 Å². The predicted octanol–water partition coefficient (Wildman–Crippen LogP) is 2.62. The van der Waals surface area contributed by atoms with Crippen molar-refractivity contribution in [2.24, 2.45) is 0 Å². The van der Waals surface area contributed by atoms with Crippen LogP contribution in [0.15, 0.2) is 30.3 Å². The quantitative estimate of drug-likeness (QED) is 0.745. The van der Waals surface area contributed by atoms with Gasteiger partial charge in [0.05, 0.1) is 0 Å². The first-order valence-corrected chi connectivity index (χ1v) is 4.87. The van der Waals surface area contributed by atoms with Crippen molar-refractivity contribution in [3.05, 3.63) is 35.9 Å². The number of nitrogens with one attached hydrogen (secondary N) is 1. The molecule has 1 aromatic rings. The molecule has 0 aliphatic rings. The first kappa shape index (κ1) is 10.3. The largest absolute Gasteiger partial charge is 0.315 e. The molecule has 1 aromatic carbocycles. The molecule has 0 bridgehead atoms. The molecule has 1 nitrogen and oxygen atoms in total. The van der Waals surface area contributed by atoms with Crippen LogP contribution in [0.3, 0.4) is 0 Å². The van der Waals surface area contributed by atoms with E-state index in [-0.39, 0.29) is 5.54 Å².